The lowest BCUT2D eigenvalue weighted by Crippen LogP contribution is -2.15. The Labute approximate surface area is 162 Å². The quantitative estimate of drug-likeness (QED) is 0.535. The van der Waals surface area contributed by atoms with E-state index in [1.54, 1.807) is 39.1 Å². The van der Waals surface area contributed by atoms with Gasteiger partial charge in [0.25, 0.3) is 0 Å². The fourth-order valence-electron chi connectivity index (χ4n) is 3.16. The molecule has 0 aliphatic carbocycles. The minimum absolute atomic E-state index is 0.00348. The lowest BCUT2D eigenvalue weighted by molar-refractivity contribution is -0.113. The van der Waals surface area contributed by atoms with Crippen molar-refractivity contribution in [1.29, 1.82) is 0 Å². The van der Waals surface area contributed by atoms with Crippen LogP contribution in [0.25, 0.3) is 15.3 Å². The molecule has 1 N–H and O–H groups in total. The standard InChI is InChI=1S/C18H14N4OS3/c1-10-15-16(11-6-7-24-8-11)25-9-14(23)20-17(15)22(21-10)18-19-12-4-2-3-5-13(12)26-18/h2-8,16H,9H2,1H3,(H,20,23). The number of nitrogens with one attached hydrogen (secondary N) is 1. The van der Waals surface area contributed by atoms with Crippen LogP contribution in [0.2, 0.25) is 0 Å². The van der Waals surface area contributed by atoms with Crippen LogP contribution >= 0.6 is 34.4 Å². The molecule has 1 amide bonds. The Balaban J connectivity index is 1.71. The van der Waals surface area contributed by atoms with Crippen molar-refractivity contribution in [2.45, 2.75) is 12.2 Å². The first-order chi connectivity index (χ1) is 12.7. The number of hydrogen-bond donors (Lipinski definition) is 1. The molecule has 5 rings (SSSR count). The molecule has 0 saturated heterocycles. The molecule has 1 aromatic carbocycles. The van der Waals surface area contributed by atoms with Gasteiger partial charge in [0.15, 0.2) is 0 Å². The number of aromatic nitrogens is 3. The first-order valence-corrected chi connectivity index (χ1v) is 10.9. The molecule has 4 heterocycles. The van der Waals surface area contributed by atoms with Crippen LogP contribution in [0.15, 0.2) is 41.1 Å². The van der Waals surface area contributed by atoms with E-state index in [2.05, 4.69) is 22.1 Å². The Bertz CT molecular complexity index is 1080. The van der Waals surface area contributed by atoms with E-state index in [-0.39, 0.29) is 11.2 Å². The number of thiophene rings is 1. The van der Waals surface area contributed by atoms with E-state index in [0.717, 1.165) is 32.4 Å². The molecule has 1 atom stereocenters. The lowest BCUT2D eigenvalue weighted by Gasteiger charge is -2.13. The summed E-state index contributed by atoms with van der Waals surface area (Å²) in [7, 11) is 0. The number of thiazole rings is 1. The number of carbonyl (C=O) groups is 1. The highest BCUT2D eigenvalue weighted by Gasteiger charge is 2.31. The zero-order valence-corrected chi connectivity index (χ0v) is 16.3. The molecule has 3 aromatic heterocycles. The second kappa shape index (κ2) is 6.22. The van der Waals surface area contributed by atoms with Gasteiger partial charge in [-0.3, -0.25) is 4.79 Å². The number of fused-ring (bicyclic) bond motifs is 2. The smallest absolute Gasteiger partial charge is 0.235 e. The third-order valence-corrected chi connectivity index (χ3v) is 7.30. The maximum atomic E-state index is 12.3. The molecule has 1 aliphatic heterocycles. The van der Waals surface area contributed by atoms with Crippen molar-refractivity contribution >= 4 is 56.4 Å². The minimum atomic E-state index is -0.00348. The number of benzene rings is 1. The molecule has 1 unspecified atom stereocenters. The van der Waals surface area contributed by atoms with Gasteiger partial charge in [0.2, 0.25) is 11.0 Å². The third-order valence-electron chi connectivity index (χ3n) is 4.32. The molecule has 0 radical (unpaired) electrons. The van der Waals surface area contributed by atoms with E-state index in [1.165, 1.54) is 5.56 Å². The summed E-state index contributed by atoms with van der Waals surface area (Å²) in [6.45, 7) is 2.00. The summed E-state index contributed by atoms with van der Waals surface area (Å²) in [6.07, 6.45) is 0. The van der Waals surface area contributed by atoms with Crippen molar-refractivity contribution in [1.82, 2.24) is 14.8 Å². The molecule has 26 heavy (non-hydrogen) atoms. The highest BCUT2D eigenvalue weighted by Crippen LogP contribution is 2.44. The molecule has 1 aliphatic rings. The number of aryl methyl sites for hydroxylation is 1. The Morgan fingerprint density at radius 1 is 1.27 bits per heavy atom. The van der Waals surface area contributed by atoms with Crippen molar-refractivity contribution in [3.63, 3.8) is 0 Å². The van der Waals surface area contributed by atoms with Crippen molar-refractivity contribution in [2.24, 2.45) is 0 Å². The Morgan fingerprint density at radius 3 is 2.96 bits per heavy atom. The van der Waals surface area contributed by atoms with Gasteiger partial charge in [-0.1, -0.05) is 23.5 Å². The van der Waals surface area contributed by atoms with Crippen LogP contribution in [0.4, 0.5) is 5.82 Å². The van der Waals surface area contributed by atoms with Crippen LogP contribution in [-0.4, -0.2) is 26.4 Å². The van der Waals surface area contributed by atoms with Gasteiger partial charge in [-0.15, -0.1) is 11.8 Å². The van der Waals surface area contributed by atoms with E-state index in [1.807, 2.05) is 31.2 Å². The number of carbonyl (C=O) groups excluding carboxylic acids is 1. The molecular weight excluding hydrogens is 384 g/mol. The molecule has 130 valence electrons. The average Bonchev–Trinajstić information content (AvgIpc) is 3.33. The lowest BCUT2D eigenvalue weighted by atomic mass is 10.1. The van der Waals surface area contributed by atoms with Crippen LogP contribution in [0.3, 0.4) is 0 Å². The molecular formula is C18H14N4OS3. The molecule has 4 aromatic rings. The van der Waals surface area contributed by atoms with E-state index < -0.39 is 0 Å². The van der Waals surface area contributed by atoms with Crippen molar-refractivity contribution in [3.05, 3.63) is 57.9 Å². The van der Waals surface area contributed by atoms with Crippen LogP contribution in [0.5, 0.6) is 0 Å². The number of anilines is 1. The van der Waals surface area contributed by atoms with Crippen LogP contribution in [0, 0.1) is 6.92 Å². The van der Waals surface area contributed by atoms with Gasteiger partial charge in [0.1, 0.15) is 5.82 Å². The van der Waals surface area contributed by atoms with E-state index >= 15 is 0 Å². The third kappa shape index (κ3) is 2.56. The highest BCUT2D eigenvalue weighted by atomic mass is 32.2. The van der Waals surface area contributed by atoms with Gasteiger partial charge < -0.3 is 5.32 Å². The summed E-state index contributed by atoms with van der Waals surface area (Å²) in [5.74, 6) is 1.16. The minimum Gasteiger partial charge on any atom is -0.310 e. The molecule has 5 nitrogen and oxygen atoms in total. The van der Waals surface area contributed by atoms with Gasteiger partial charge in [-0.05, 0) is 41.4 Å². The molecule has 0 spiro atoms. The highest BCUT2D eigenvalue weighted by molar-refractivity contribution is 8.00. The number of nitrogens with zero attached hydrogens (tertiary/aromatic N) is 3. The van der Waals surface area contributed by atoms with E-state index in [4.69, 9.17) is 10.1 Å². The second-order valence-corrected chi connectivity index (χ2v) is 8.90. The topological polar surface area (TPSA) is 59.8 Å². The SMILES string of the molecule is Cc1nn(-c2nc3ccccc3s2)c2c1C(c1ccsc1)SCC(=O)N2. The van der Waals surface area contributed by atoms with Gasteiger partial charge in [0, 0.05) is 5.56 Å². The van der Waals surface area contributed by atoms with Crippen LogP contribution in [0.1, 0.15) is 22.1 Å². The van der Waals surface area contributed by atoms with E-state index in [0.29, 0.717) is 5.75 Å². The van der Waals surface area contributed by atoms with Gasteiger partial charge in [-0.25, -0.2) is 4.98 Å². The fraction of sp³-hybridized carbons (Fsp3) is 0.167. The van der Waals surface area contributed by atoms with Gasteiger partial charge in [0.05, 0.1) is 26.9 Å². The fourth-order valence-corrected chi connectivity index (χ4v) is 6.03. The molecule has 0 fully saturated rings. The normalized spacial score (nSPS) is 17.1. The summed E-state index contributed by atoms with van der Waals surface area (Å²) in [6, 6.07) is 10.1. The maximum Gasteiger partial charge on any atom is 0.235 e. The first kappa shape index (κ1) is 16.0. The van der Waals surface area contributed by atoms with Crippen molar-refractivity contribution in [3.8, 4) is 5.13 Å². The zero-order valence-electron chi connectivity index (χ0n) is 13.8. The second-order valence-electron chi connectivity index (χ2n) is 6.02. The van der Waals surface area contributed by atoms with E-state index in [9.17, 15) is 4.79 Å². The summed E-state index contributed by atoms with van der Waals surface area (Å²) >= 11 is 4.89. The Morgan fingerprint density at radius 2 is 2.15 bits per heavy atom. The zero-order chi connectivity index (χ0) is 17.7. The number of amides is 1. The van der Waals surface area contributed by atoms with Crippen LogP contribution in [-0.2, 0) is 4.79 Å². The Hall–Kier alpha value is -2.16. The predicted molar refractivity (Wildman–Crippen MR) is 109 cm³/mol. The number of para-hydroxylation sites is 1. The molecule has 0 bridgehead atoms. The van der Waals surface area contributed by atoms with Crippen molar-refractivity contribution < 1.29 is 4.79 Å². The van der Waals surface area contributed by atoms with Gasteiger partial charge in [-0.2, -0.15) is 21.1 Å². The monoisotopic (exact) mass is 398 g/mol. The van der Waals surface area contributed by atoms with Crippen molar-refractivity contribution in [2.75, 3.05) is 11.1 Å². The summed E-state index contributed by atoms with van der Waals surface area (Å²) in [5.41, 5.74) is 4.14. The largest absolute Gasteiger partial charge is 0.310 e. The number of thioether (sulfide) groups is 1. The Kier molecular flexibility index (Phi) is 3.84. The average molecular weight is 399 g/mol. The number of rotatable bonds is 2. The summed E-state index contributed by atoms with van der Waals surface area (Å²) < 4.78 is 2.89. The first-order valence-electron chi connectivity index (χ1n) is 8.10. The summed E-state index contributed by atoms with van der Waals surface area (Å²) in [5, 5.41) is 12.9. The summed E-state index contributed by atoms with van der Waals surface area (Å²) in [4.78, 5) is 17.0. The number of hydrogen-bond acceptors (Lipinski definition) is 6. The molecule has 0 saturated carbocycles. The maximum absolute atomic E-state index is 12.3. The van der Waals surface area contributed by atoms with Gasteiger partial charge >= 0.3 is 0 Å². The predicted octanol–water partition coefficient (Wildman–Crippen LogP) is 4.63. The van der Waals surface area contributed by atoms with Crippen LogP contribution < -0.4 is 5.32 Å². The molecule has 8 heteroatoms.